The van der Waals surface area contributed by atoms with E-state index in [-0.39, 0.29) is 16.7 Å². The molecular weight excluding hydrogens is 324 g/mol. The summed E-state index contributed by atoms with van der Waals surface area (Å²) in [5.41, 5.74) is 0.633. The van der Waals surface area contributed by atoms with Crippen LogP contribution < -0.4 is 5.32 Å². The molecule has 1 amide bonds. The van der Waals surface area contributed by atoms with Gasteiger partial charge in [-0.3, -0.25) is 4.79 Å². The minimum absolute atomic E-state index is 0.0301. The second-order valence-corrected chi connectivity index (χ2v) is 8.73. The standard InChI is InChI=1S/C18H28N2O3S/c1-4-5-15(3)18(21)19-16-6-8-17(9-7-16)24(22,23)20-12-10-14(2)11-13-20/h6-9,14-15H,4-5,10-13H2,1-3H3,(H,19,21)/t15-/m0/s1. The third-order valence-electron chi connectivity index (χ3n) is 4.67. The molecule has 1 N–H and O–H groups in total. The van der Waals surface area contributed by atoms with Gasteiger partial charge < -0.3 is 5.32 Å². The largest absolute Gasteiger partial charge is 0.326 e. The van der Waals surface area contributed by atoms with Crippen LogP contribution in [0.2, 0.25) is 0 Å². The predicted molar refractivity (Wildman–Crippen MR) is 96.3 cm³/mol. The fourth-order valence-corrected chi connectivity index (χ4v) is 4.38. The summed E-state index contributed by atoms with van der Waals surface area (Å²) in [5.74, 6) is 0.505. The van der Waals surface area contributed by atoms with Crippen molar-refractivity contribution >= 4 is 21.6 Å². The minimum Gasteiger partial charge on any atom is -0.326 e. The molecule has 134 valence electrons. The van der Waals surface area contributed by atoms with E-state index in [1.54, 1.807) is 28.6 Å². The van der Waals surface area contributed by atoms with Gasteiger partial charge in [-0.05, 0) is 49.4 Å². The van der Waals surface area contributed by atoms with Crippen molar-refractivity contribution in [2.45, 2.75) is 51.3 Å². The van der Waals surface area contributed by atoms with Gasteiger partial charge in [-0.15, -0.1) is 0 Å². The first-order chi connectivity index (χ1) is 11.3. The van der Waals surface area contributed by atoms with Gasteiger partial charge in [0.25, 0.3) is 0 Å². The van der Waals surface area contributed by atoms with Gasteiger partial charge >= 0.3 is 0 Å². The van der Waals surface area contributed by atoms with Crippen LogP contribution in [0.1, 0.15) is 46.5 Å². The fourth-order valence-electron chi connectivity index (χ4n) is 2.91. The van der Waals surface area contributed by atoms with Crippen molar-refractivity contribution in [3.63, 3.8) is 0 Å². The number of benzene rings is 1. The van der Waals surface area contributed by atoms with E-state index in [0.29, 0.717) is 24.7 Å². The van der Waals surface area contributed by atoms with Crippen LogP contribution in [0.15, 0.2) is 29.2 Å². The van der Waals surface area contributed by atoms with E-state index in [1.165, 1.54) is 0 Å². The number of carbonyl (C=O) groups excluding carboxylic acids is 1. The third-order valence-corrected chi connectivity index (χ3v) is 6.58. The molecule has 1 atom stereocenters. The summed E-state index contributed by atoms with van der Waals surface area (Å²) < 4.78 is 26.9. The molecule has 0 unspecified atom stereocenters. The van der Waals surface area contributed by atoms with Gasteiger partial charge in [0.2, 0.25) is 15.9 Å². The minimum atomic E-state index is -3.44. The second kappa shape index (κ2) is 8.12. The van der Waals surface area contributed by atoms with Gasteiger partial charge in [0, 0.05) is 24.7 Å². The Morgan fingerprint density at radius 1 is 1.25 bits per heavy atom. The van der Waals surface area contributed by atoms with E-state index in [9.17, 15) is 13.2 Å². The molecule has 1 fully saturated rings. The zero-order valence-corrected chi connectivity index (χ0v) is 15.6. The first kappa shape index (κ1) is 18.9. The number of anilines is 1. The maximum atomic E-state index is 12.7. The number of piperidine rings is 1. The lowest BCUT2D eigenvalue weighted by atomic mass is 10.0. The van der Waals surface area contributed by atoms with Crippen LogP contribution in [0, 0.1) is 11.8 Å². The summed E-state index contributed by atoms with van der Waals surface area (Å²) in [5, 5.41) is 2.84. The first-order valence-electron chi connectivity index (χ1n) is 8.75. The van der Waals surface area contributed by atoms with E-state index in [2.05, 4.69) is 12.2 Å². The highest BCUT2D eigenvalue weighted by Crippen LogP contribution is 2.24. The lowest BCUT2D eigenvalue weighted by molar-refractivity contribution is -0.119. The van der Waals surface area contributed by atoms with Gasteiger partial charge in [-0.25, -0.2) is 8.42 Å². The summed E-state index contributed by atoms with van der Waals surface area (Å²) in [4.78, 5) is 12.3. The molecule has 5 nitrogen and oxygen atoms in total. The third kappa shape index (κ3) is 4.57. The summed E-state index contributed by atoms with van der Waals surface area (Å²) in [7, 11) is -3.44. The van der Waals surface area contributed by atoms with E-state index >= 15 is 0 Å². The molecule has 24 heavy (non-hydrogen) atoms. The molecule has 1 saturated heterocycles. The highest BCUT2D eigenvalue weighted by atomic mass is 32.2. The van der Waals surface area contributed by atoms with Crippen LogP contribution in [0.4, 0.5) is 5.69 Å². The molecule has 1 aromatic rings. The monoisotopic (exact) mass is 352 g/mol. The molecule has 1 heterocycles. The van der Waals surface area contributed by atoms with Gasteiger partial charge in [-0.1, -0.05) is 27.2 Å². The second-order valence-electron chi connectivity index (χ2n) is 6.79. The summed E-state index contributed by atoms with van der Waals surface area (Å²) in [6, 6.07) is 6.48. The highest BCUT2D eigenvalue weighted by molar-refractivity contribution is 7.89. The molecule has 0 aliphatic carbocycles. The Bertz CT molecular complexity index is 647. The number of amides is 1. The Labute approximate surface area is 145 Å². The number of sulfonamides is 1. The first-order valence-corrected chi connectivity index (χ1v) is 10.2. The number of nitrogens with one attached hydrogen (secondary N) is 1. The Balaban J connectivity index is 2.04. The highest BCUT2D eigenvalue weighted by Gasteiger charge is 2.27. The Morgan fingerprint density at radius 3 is 2.38 bits per heavy atom. The molecular formula is C18H28N2O3S. The zero-order valence-electron chi connectivity index (χ0n) is 14.8. The molecule has 0 aromatic heterocycles. The topological polar surface area (TPSA) is 66.5 Å². The van der Waals surface area contributed by atoms with Crippen molar-refractivity contribution in [2.75, 3.05) is 18.4 Å². The molecule has 1 aliphatic heterocycles. The van der Waals surface area contributed by atoms with Crippen LogP contribution in [0.25, 0.3) is 0 Å². The van der Waals surface area contributed by atoms with Gasteiger partial charge in [0.15, 0.2) is 0 Å². The van der Waals surface area contributed by atoms with Gasteiger partial charge in [0.05, 0.1) is 4.90 Å². The Kier molecular flexibility index (Phi) is 6.40. The van der Waals surface area contributed by atoms with Crippen molar-refractivity contribution in [3.05, 3.63) is 24.3 Å². The van der Waals surface area contributed by atoms with E-state index in [1.807, 2.05) is 13.8 Å². The van der Waals surface area contributed by atoms with E-state index < -0.39 is 10.0 Å². The van der Waals surface area contributed by atoms with Crippen molar-refractivity contribution in [3.8, 4) is 0 Å². The predicted octanol–water partition coefficient (Wildman–Crippen LogP) is 3.48. The van der Waals surface area contributed by atoms with Crippen LogP contribution >= 0.6 is 0 Å². The molecule has 6 heteroatoms. The maximum Gasteiger partial charge on any atom is 0.243 e. The Morgan fingerprint density at radius 2 is 1.83 bits per heavy atom. The molecule has 0 bridgehead atoms. The van der Waals surface area contributed by atoms with Crippen molar-refractivity contribution in [1.29, 1.82) is 0 Å². The number of hydrogen-bond donors (Lipinski definition) is 1. The van der Waals surface area contributed by atoms with E-state index in [4.69, 9.17) is 0 Å². The SMILES string of the molecule is CCC[C@H](C)C(=O)Nc1ccc(S(=O)(=O)N2CCC(C)CC2)cc1. The van der Waals surface area contributed by atoms with Crippen LogP contribution in [-0.2, 0) is 14.8 Å². The molecule has 1 aliphatic rings. The Hall–Kier alpha value is -1.40. The fraction of sp³-hybridized carbons (Fsp3) is 0.611. The lowest BCUT2D eigenvalue weighted by Crippen LogP contribution is -2.37. The zero-order chi connectivity index (χ0) is 17.7. The molecule has 0 saturated carbocycles. The lowest BCUT2D eigenvalue weighted by Gasteiger charge is -2.29. The number of rotatable bonds is 6. The van der Waals surface area contributed by atoms with Crippen LogP contribution in [0.5, 0.6) is 0 Å². The van der Waals surface area contributed by atoms with Gasteiger partial charge in [0.1, 0.15) is 0 Å². The summed E-state index contributed by atoms with van der Waals surface area (Å²) >= 11 is 0. The van der Waals surface area contributed by atoms with E-state index in [0.717, 1.165) is 25.7 Å². The summed E-state index contributed by atoms with van der Waals surface area (Å²) in [6.45, 7) is 7.26. The average Bonchev–Trinajstić information content (AvgIpc) is 2.56. The normalized spacial score (nSPS) is 18.3. The van der Waals surface area contributed by atoms with Crippen LogP contribution in [-0.4, -0.2) is 31.7 Å². The summed E-state index contributed by atoms with van der Waals surface area (Å²) in [6.07, 6.45) is 3.61. The van der Waals surface area contributed by atoms with Crippen molar-refractivity contribution < 1.29 is 13.2 Å². The van der Waals surface area contributed by atoms with Gasteiger partial charge in [-0.2, -0.15) is 4.31 Å². The molecule has 0 spiro atoms. The molecule has 2 rings (SSSR count). The number of hydrogen-bond acceptors (Lipinski definition) is 3. The maximum absolute atomic E-state index is 12.7. The molecule has 0 radical (unpaired) electrons. The average molecular weight is 353 g/mol. The van der Waals surface area contributed by atoms with Crippen molar-refractivity contribution in [2.24, 2.45) is 11.8 Å². The van der Waals surface area contributed by atoms with Crippen LogP contribution in [0.3, 0.4) is 0 Å². The number of nitrogens with zero attached hydrogens (tertiary/aromatic N) is 1. The molecule has 1 aromatic carbocycles. The van der Waals surface area contributed by atoms with Crippen molar-refractivity contribution in [1.82, 2.24) is 4.31 Å². The number of carbonyl (C=O) groups is 1. The smallest absolute Gasteiger partial charge is 0.243 e. The quantitative estimate of drug-likeness (QED) is 0.852.